The van der Waals surface area contributed by atoms with Crippen LogP contribution in [0.25, 0.3) is 11.0 Å². The number of fused-ring (bicyclic) bond motifs is 1. The van der Waals surface area contributed by atoms with E-state index in [0.717, 1.165) is 16.9 Å². The first kappa shape index (κ1) is 8.96. The Morgan fingerprint density at radius 1 is 1.40 bits per heavy atom. The van der Waals surface area contributed by atoms with Gasteiger partial charge in [-0.1, -0.05) is 6.07 Å². The molecule has 1 aromatic carbocycles. The van der Waals surface area contributed by atoms with Gasteiger partial charge in [0, 0.05) is 5.92 Å². The molecular weight excluding hydrogens is 184 g/mol. The van der Waals surface area contributed by atoms with Gasteiger partial charge in [0.1, 0.15) is 5.82 Å². The molecule has 0 spiro atoms. The van der Waals surface area contributed by atoms with Gasteiger partial charge in [-0.15, -0.1) is 0 Å². The maximum atomic E-state index is 4.63. The number of hydrogen-bond acceptors (Lipinski definition) is 1. The van der Waals surface area contributed by atoms with Crippen molar-refractivity contribution < 1.29 is 0 Å². The summed E-state index contributed by atoms with van der Waals surface area (Å²) in [6.07, 6.45) is 6.87. The van der Waals surface area contributed by atoms with Gasteiger partial charge in [0.2, 0.25) is 0 Å². The predicted molar refractivity (Wildman–Crippen MR) is 61.4 cm³/mol. The number of aromatic nitrogens is 2. The SMILES string of the molecule is Cc1ccc2nc(C3[CH][CH]CC3)[nH]c2c1. The third kappa shape index (κ3) is 1.54. The molecule has 1 N–H and O–H groups in total. The van der Waals surface area contributed by atoms with E-state index in [1.54, 1.807) is 0 Å². The quantitative estimate of drug-likeness (QED) is 0.749. The van der Waals surface area contributed by atoms with Gasteiger partial charge >= 0.3 is 0 Å². The molecule has 2 heteroatoms. The van der Waals surface area contributed by atoms with Crippen LogP contribution in [0.15, 0.2) is 18.2 Å². The Hall–Kier alpha value is -1.31. The van der Waals surface area contributed by atoms with Crippen LogP contribution in [0.4, 0.5) is 0 Å². The first-order valence-corrected chi connectivity index (χ1v) is 5.46. The molecule has 0 aliphatic heterocycles. The van der Waals surface area contributed by atoms with Crippen LogP contribution in [-0.4, -0.2) is 9.97 Å². The molecule has 0 bridgehead atoms. The van der Waals surface area contributed by atoms with Crippen LogP contribution in [0.5, 0.6) is 0 Å². The number of nitrogens with one attached hydrogen (secondary N) is 1. The Morgan fingerprint density at radius 3 is 3.13 bits per heavy atom. The standard InChI is InChI=1S/C13H14N2/c1-9-6-7-11-12(8-9)15-13(14-11)10-4-2-3-5-10/h2,4,6-8,10H,3,5H2,1H3,(H,14,15). The molecule has 15 heavy (non-hydrogen) atoms. The first-order chi connectivity index (χ1) is 7.33. The minimum atomic E-state index is 0.498. The van der Waals surface area contributed by atoms with Gasteiger partial charge < -0.3 is 4.98 Å². The van der Waals surface area contributed by atoms with Crippen LogP contribution in [0.1, 0.15) is 30.1 Å². The smallest absolute Gasteiger partial charge is 0.110 e. The number of rotatable bonds is 1. The second kappa shape index (κ2) is 3.37. The monoisotopic (exact) mass is 198 g/mol. The fourth-order valence-corrected chi connectivity index (χ4v) is 2.18. The van der Waals surface area contributed by atoms with Crippen LogP contribution < -0.4 is 0 Å². The summed E-state index contributed by atoms with van der Waals surface area (Å²) < 4.78 is 0. The van der Waals surface area contributed by atoms with E-state index >= 15 is 0 Å². The van der Waals surface area contributed by atoms with E-state index in [9.17, 15) is 0 Å². The molecule has 2 aromatic rings. The number of benzene rings is 1. The predicted octanol–water partition coefficient (Wildman–Crippen LogP) is 3.16. The van der Waals surface area contributed by atoms with Gasteiger partial charge in [0.05, 0.1) is 11.0 Å². The van der Waals surface area contributed by atoms with E-state index in [0.29, 0.717) is 5.92 Å². The van der Waals surface area contributed by atoms with Crippen LogP contribution in [0.2, 0.25) is 0 Å². The van der Waals surface area contributed by atoms with Crippen molar-refractivity contribution in [2.75, 3.05) is 0 Å². The van der Waals surface area contributed by atoms with E-state index in [2.05, 4.69) is 47.9 Å². The third-order valence-corrected chi connectivity index (χ3v) is 3.02. The average Bonchev–Trinajstić information content (AvgIpc) is 2.84. The summed E-state index contributed by atoms with van der Waals surface area (Å²) in [7, 11) is 0. The Bertz CT molecular complexity index is 478. The van der Waals surface area contributed by atoms with Crippen molar-refractivity contribution in [1.29, 1.82) is 0 Å². The molecule has 1 heterocycles. The fraction of sp³-hybridized carbons (Fsp3) is 0.308. The van der Waals surface area contributed by atoms with E-state index in [-0.39, 0.29) is 0 Å². The lowest BCUT2D eigenvalue weighted by Gasteiger charge is -2.02. The van der Waals surface area contributed by atoms with Gasteiger partial charge in [0.15, 0.2) is 0 Å². The number of aromatic amines is 1. The zero-order chi connectivity index (χ0) is 10.3. The Kier molecular flexibility index (Phi) is 2.01. The van der Waals surface area contributed by atoms with Crippen LogP contribution >= 0.6 is 0 Å². The van der Waals surface area contributed by atoms with Crippen molar-refractivity contribution in [2.45, 2.75) is 25.7 Å². The van der Waals surface area contributed by atoms with E-state index < -0.39 is 0 Å². The maximum Gasteiger partial charge on any atom is 0.110 e. The number of nitrogens with zero attached hydrogens (tertiary/aromatic N) is 1. The molecule has 1 aliphatic rings. The molecule has 76 valence electrons. The van der Waals surface area contributed by atoms with E-state index in [1.807, 2.05) is 0 Å². The van der Waals surface area contributed by atoms with Crippen molar-refractivity contribution in [2.24, 2.45) is 0 Å². The highest BCUT2D eigenvalue weighted by Gasteiger charge is 2.20. The normalized spacial score (nSPS) is 17.7. The Labute approximate surface area is 89.7 Å². The van der Waals surface area contributed by atoms with Gasteiger partial charge in [-0.3, -0.25) is 0 Å². The maximum absolute atomic E-state index is 4.63. The van der Waals surface area contributed by atoms with Gasteiger partial charge in [0.25, 0.3) is 0 Å². The average molecular weight is 198 g/mol. The second-order valence-corrected chi connectivity index (χ2v) is 4.25. The molecule has 1 fully saturated rings. The summed E-state index contributed by atoms with van der Waals surface area (Å²) in [5.74, 6) is 1.61. The highest BCUT2D eigenvalue weighted by Crippen LogP contribution is 2.31. The minimum absolute atomic E-state index is 0.498. The summed E-state index contributed by atoms with van der Waals surface area (Å²) in [5.41, 5.74) is 3.51. The summed E-state index contributed by atoms with van der Waals surface area (Å²) in [6, 6.07) is 6.35. The third-order valence-electron chi connectivity index (χ3n) is 3.02. The molecule has 1 atom stereocenters. The largest absolute Gasteiger partial charge is 0.342 e. The zero-order valence-corrected chi connectivity index (χ0v) is 8.83. The highest BCUT2D eigenvalue weighted by molar-refractivity contribution is 5.76. The van der Waals surface area contributed by atoms with Crippen molar-refractivity contribution >= 4 is 11.0 Å². The van der Waals surface area contributed by atoms with E-state index in [1.165, 1.54) is 18.4 Å². The Balaban J connectivity index is 2.05. The van der Waals surface area contributed by atoms with Crippen LogP contribution in [0.3, 0.4) is 0 Å². The summed E-state index contributed by atoms with van der Waals surface area (Å²) in [4.78, 5) is 8.04. The number of aryl methyl sites for hydroxylation is 1. The molecule has 0 amide bonds. The summed E-state index contributed by atoms with van der Waals surface area (Å²) >= 11 is 0. The van der Waals surface area contributed by atoms with Crippen molar-refractivity contribution in [3.63, 3.8) is 0 Å². The summed E-state index contributed by atoms with van der Waals surface area (Å²) in [6.45, 7) is 2.11. The zero-order valence-electron chi connectivity index (χ0n) is 8.83. The molecule has 3 rings (SSSR count). The summed E-state index contributed by atoms with van der Waals surface area (Å²) in [5, 5.41) is 0. The fourth-order valence-electron chi connectivity index (χ4n) is 2.18. The lowest BCUT2D eigenvalue weighted by molar-refractivity contribution is 0.751. The van der Waals surface area contributed by atoms with Crippen LogP contribution in [0, 0.1) is 19.8 Å². The molecule has 2 nitrogen and oxygen atoms in total. The molecule has 1 unspecified atom stereocenters. The van der Waals surface area contributed by atoms with Crippen molar-refractivity contribution in [3.8, 4) is 0 Å². The molecule has 1 saturated carbocycles. The number of imidazole rings is 1. The van der Waals surface area contributed by atoms with Crippen molar-refractivity contribution in [1.82, 2.24) is 9.97 Å². The van der Waals surface area contributed by atoms with Gasteiger partial charge in [-0.25, -0.2) is 4.98 Å². The first-order valence-electron chi connectivity index (χ1n) is 5.46. The molecule has 1 aromatic heterocycles. The molecule has 2 radical (unpaired) electrons. The number of hydrogen-bond donors (Lipinski definition) is 1. The molecular formula is C13H14N2. The van der Waals surface area contributed by atoms with Gasteiger partial charge in [-0.05, 0) is 50.3 Å². The Morgan fingerprint density at radius 2 is 2.33 bits per heavy atom. The number of H-pyrrole nitrogens is 1. The topological polar surface area (TPSA) is 28.7 Å². The molecule has 0 saturated heterocycles. The lowest BCUT2D eigenvalue weighted by atomic mass is 10.1. The lowest BCUT2D eigenvalue weighted by Crippen LogP contribution is -1.94. The van der Waals surface area contributed by atoms with Gasteiger partial charge in [-0.2, -0.15) is 0 Å². The van der Waals surface area contributed by atoms with E-state index in [4.69, 9.17) is 0 Å². The molecule has 1 aliphatic carbocycles. The highest BCUT2D eigenvalue weighted by atomic mass is 14.9. The van der Waals surface area contributed by atoms with Crippen molar-refractivity contribution in [3.05, 3.63) is 42.4 Å². The van der Waals surface area contributed by atoms with Crippen LogP contribution in [-0.2, 0) is 0 Å². The minimum Gasteiger partial charge on any atom is -0.342 e. The second-order valence-electron chi connectivity index (χ2n) is 4.25.